The molecule has 0 unspecified atom stereocenters. The summed E-state index contributed by atoms with van der Waals surface area (Å²) >= 11 is 0. The molecule has 0 aromatic heterocycles. The van der Waals surface area contributed by atoms with Crippen molar-refractivity contribution in [2.45, 2.75) is 11.4 Å². The summed E-state index contributed by atoms with van der Waals surface area (Å²) in [5, 5.41) is 0. The first-order valence-electron chi connectivity index (χ1n) is 12.8. The normalized spacial score (nSPS) is 14.2. The Bertz CT molecular complexity index is 1480. The highest BCUT2D eigenvalue weighted by Crippen LogP contribution is 2.29. The highest BCUT2D eigenvalue weighted by atomic mass is 32.2. The number of hydrogen-bond acceptors (Lipinski definition) is 7. The van der Waals surface area contributed by atoms with E-state index in [9.17, 15) is 8.42 Å². The fourth-order valence-electron chi connectivity index (χ4n) is 4.73. The highest BCUT2D eigenvalue weighted by molar-refractivity contribution is 7.87. The minimum Gasteiger partial charge on any atom is -0.493 e. The number of methoxy groups -OCH3 is 2. The zero-order valence-corrected chi connectivity index (χ0v) is 22.9. The lowest BCUT2D eigenvalue weighted by molar-refractivity contribution is 0.249. The highest BCUT2D eigenvalue weighted by Gasteiger charge is 2.20. The van der Waals surface area contributed by atoms with Crippen LogP contribution in [0.2, 0.25) is 0 Å². The zero-order chi connectivity index (χ0) is 27.2. The van der Waals surface area contributed by atoms with Crippen molar-refractivity contribution < 1.29 is 22.1 Å². The van der Waals surface area contributed by atoms with Crippen LogP contribution in [0, 0.1) is 0 Å². The Hall–Kier alpha value is -4.01. The van der Waals surface area contributed by atoms with Crippen LogP contribution in [0.3, 0.4) is 0 Å². The molecule has 0 saturated carbocycles. The van der Waals surface area contributed by atoms with Gasteiger partial charge in [-0.25, -0.2) is 0 Å². The summed E-state index contributed by atoms with van der Waals surface area (Å²) in [5.74, 6) is 1.76. The molecule has 1 saturated heterocycles. The van der Waals surface area contributed by atoms with E-state index < -0.39 is 10.1 Å². The number of rotatable bonds is 9. The van der Waals surface area contributed by atoms with Gasteiger partial charge in [-0.1, -0.05) is 48.5 Å². The summed E-state index contributed by atoms with van der Waals surface area (Å²) in [6.45, 7) is 4.42. The average molecular weight is 545 g/mol. The smallest absolute Gasteiger partial charge is 0.339 e. The second-order valence-corrected chi connectivity index (χ2v) is 10.9. The van der Waals surface area contributed by atoms with Crippen molar-refractivity contribution in [3.8, 4) is 28.4 Å². The standard InChI is InChI=1S/C31H32N2O5S/c1-36-30-17-8-24(22-31(30)37-2)23-32-18-20-33(21-19-32)27-11-13-28(14-12-27)38-39(34,35)29-15-9-26(10-16-29)25-6-4-3-5-7-25/h3-17,22H,18-21,23H2,1-2H3. The minimum atomic E-state index is -3.93. The van der Waals surface area contributed by atoms with E-state index in [1.165, 1.54) is 5.56 Å². The Morgan fingerprint density at radius 3 is 1.97 bits per heavy atom. The van der Waals surface area contributed by atoms with Crippen molar-refractivity contribution in [1.29, 1.82) is 0 Å². The predicted molar refractivity (Wildman–Crippen MR) is 153 cm³/mol. The van der Waals surface area contributed by atoms with Crippen molar-refractivity contribution >= 4 is 15.8 Å². The van der Waals surface area contributed by atoms with Gasteiger partial charge in [-0.2, -0.15) is 8.42 Å². The molecule has 1 aliphatic rings. The molecule has 202 valence electrons. The molecule has 0 atom stereocenters. The minimum absolute atomic E-state index is 0.122. The van der Waals surface area contributed by atoms with Crippen LogP contribution in [0.4, 0.5) is 5.69 Å². The largest absolute Gasteiger partial charge is 0.493 e. The maximum Gasteiger partial charge on any atom is 0.339 e. The molecule has 0 amide bonds. The van der Waals surface area contributed by atoms with E-state index >= 15 is 0 Å². The van der Waals surface area contributed by atoms with Gasteiger partial charge < -0.3 is 18.6 Å². The fraction of sp³-hybridized carbons (Fsp3) is 0.226. The van der Waals surface area contributed by atoms with E-state index in [1.807, 2.05) is 54.6 Å². The van der Waals surface area contributed by atoms with Crippen molar-refractivity contribution in [3.63, 3.8) is 0 Å². The Morgan fingerprint density at radius 1 is 0.692 bits per heavy atom. The van der Waals surface area contributed by atoms with Crippen LogP contribution in [0.15, 0.2) is 102 Å². The Kier molecular flexibility index (Phi) is 8.05. The number of ether oxygens (including phenoxy) is 2. The summed E-state index contributed by atoms with van der Waals surface area (Å²) < 4.78 is 41.9. The van der Waals surface area contributed by atoms with Gasteiger partial charge in [0, 0.05) is 38.4 Å². The Morgan fingerprint density at radius 2 is 1.33 bits per heavy atom. The van der Waals surface area contributed by atoms with Crippen molar-refractivity contribution in [2.24, 2.45) is 0 Å². The predicted octanol–water partition coefficient (Wildman–Crippen LogP) is 5.46. The molecule has 1 aliphatic heterocycles. The molecule has 8 heteroatoms. The van der Waals surface area contributed by atoms with Crippen molar-refractivity contribution in [1.82, 2.24) is 4.90 Å². The SMILES string of the molecule is COc1ccc(CN2CCN(c3ccc(OS(=O)(=O)c4ccc(-c5ccccc5)cc4)cc3)CC2)cc1OC. The molecule has 0 N–H and O–H groups in total. The van der Waals surface area contributed by atoms with Gasteiger partial charge in [0.25, 0.3) is 0 Å². The van der Waals surface area contributed by atoms with E-state index in [1.54, 1.807) is 50.6 Å². The summed E-state index contributed by atoms with van der Waals surface area (Å²) in [7, 11) is -0.647. The molecule has 1 fully saturated rings. The summed E-state index contributed by atoms with van der Waals surface area (Å²) in [6, 6.07) is 29.8. The third-order valence-corrected chi connectivity index (χ3v) is 8.15. The van der Waals surface area contributed by atoms with Gasteiger partial charge in [0.05, 0.1) is 14.2 Å². The fourth-order valence-corrected chi connectivity index (χ4v) is 5.66. The molecule has 0 spiro atoms. The third-order valence-electron chi connectivity index (χ3n) is 6.88. The maximum absolute atomic E-state index is 12.8. The molecule has 0 aliphatic carbocycles. The average Bonchev–Trinajstić information content (AvgIpc) is 2.98. The second kappa shape index (κ2) is 11.8. The Balaban J connectivity index is 1.16. The first kappa shape index (κ1) is 26.6. The lowest BCUT2D eigenvalue weighted by Gasteiger charge is -2.36. The number of nitrogens with zero attached hydrogens (tertiary/aromatic N) is 2. The first-order valence-corrected chi connectivity index (χ1v) is 14.2. The van der Waals surface area contributed by atoms with E-state index in [0.717, 1.165) is 61.0 Å². The van der Waals surface area contributed by atoms with E-state index in [-0.39, 0.29) is 10.6 Å². The summed E-state index contributed by atoms with van der Waals surface area (Å²) in [4.78, 5) is 4.83. The van der Waals surface area contributed by atoms with Crippen LogP contribution in [0.25, 0.3) is 11.1 Å². The van der Waals surface area contributed by atoms with E-state index in [2.05, 4.69) is 15.9 Å². The molecule has 4 aromatic carbocycles. The van der Waals surface area contributed by atoms with Crippen LogP contribution in [-0.4, -0.2) is 53.7 Å². The quantitative estimate of drug-likeness (QED) is 0.259. The molecular formula is C31H32N2O5S. The number of hydrogen-bond donors (Lipinski definition) is 0. The lowest BCUT2D eigenvalue weighted by Crippen LogP contribution is -2.45. The van der Waals surface area contributed by atoms with Gasteiger partial charge in [-0.3, -0.25) is 4.90 Å². The molecule has 1 heterocycles. The van der Waals surface area contributed by atoms with Crippen LogP contribution < -0.4 is 18.6 Å². The van der Waals surface area contributed by atoms with Gasteiger partial charge in [0.1, 0.15) is 10.6 Å². The van der Waals surface area contributed by atoms with E-state index in [4.69, 9.17) is 13.7 Å². The summed E-state index contributed by atoms with van der Waals surface area (Å²) in [6.07, 6.45) is 0. The van der Waals surface area contributed by atoms with Gasteiger partial charge >= 0.3 is 10.1 Å². The third kappa shape index (κ3) is 6.35. The van der Waals surface area contributed by atoms with Crippen LogP contribution in [0.1, 0.15) is 5.56 Å². The molecule has 39 heavy (non-hydrogen) atoms. The molecular weight excluding hydrogens is 512 g/mol. The number of piperazine rings is 1. The molecule has 0 radical (unpaired) electrons. The Labute approximate surface area is 230 Å². The molecule has 4 aromatic rings. The molecule has 5 rings (SSSR count). The maximum atomic E-state index is 12.8. The second-order valence-electron chi connectivity index (χ2n) is 9.37. The molecule has 0 bridgehead atoms. The van der Waals surface area contributed by atoms with Crippen molar-refractivity contribution in [3.05, 3.63) is 103 Å². The first-order chi connectivity index (χ1) is 18.9. The van der Waals surface area contributed by atoms with Gasteiger partial charge in [0.15, 0.2) is 11.5 Å². The van der Waals surface area contributed by atoms with Gasteiger partial charge in [-0.15, -0.1) is 0 Å². The zero-order valence-electron chi connectivity index (χ0n) is 22.1. The topological polar surface area (TPSA) is 68.3 Å². The van der Waals surface area contributed by atoms with Gasteiger partial charge in [-0.05, 0) is 65.2 Å². The number of benzene rings is 4. The summed E-state index contributed by atoms with van der Waals surface area (Å²) in [5.41, 5.74) is 4.19. The molecule has 7 nitrogen and oxygen atoms in total. The van der Waals surface area contributed by atoms with Crippen LogP contribution in [0.5, 0.6) is 17.2 Å². The number of anilines is 1. The monoisotopic (exact) mass is 544 g/mol. The lowest BCUT2D eigenvalue weighted by atomic mass is 10.1. The van der Waals surface area contributed by atoms with Gasteiger partial charge in [0.2, 0.25) is 0 Å². The van der Waals surface area contributed by atoms with Crippen LogP contribution >= 0.6 is 0 Å². The van der Waals surface area contributed by atoms with E-state index in [0.29, 0.717) is 0 Å². The van der Waals surface area contributed by atoms with Crippen molar-refractivity contribution in [2.75, 3.05) is 45.3 Å². The van der Waals surface area contributed by atoms with Crippen LogP contribution in [-0.2, 0) is 16.7 Å².